The molecular formula is C20H33N5O2. The smallest absolute Gasteiger partial charge is 0.223 e. The Morgan fingerprint density at radius 2 is 2.00 bits per heavy atom. The van der Waals surface area contributed by atoms with Gasteiger partial charge in [-0.1, -0.05) is 25.7 Å². The minimum atomic E-state index is -0.303. The summed E-state index contributed by atoms with van der Waals surface area (Å²) in [6, 6.07) is 0.475. The van der Waals surface area contributed by atoms with Gasteiger partial charge in [0, 0.05) is 32.1 Å². The summed E-state index contributed by atoms with van der Waals surface area (Å²) in [5.74, 6) is 2.85. The van der Waals surface area contributed by atoms with Gasteiger partial charge in [0.05, 0.1) is 18.7 Å². The quantitative estimate of drug-likeness (QED) is 0.853. The first-order valence-corrected chi connectivity index (χ1v) is 10.7. The maximum Gasteiger partial charge on any atom is 0.223 e. The topological polar surface area (TPSA) is 74.5 Å². The normalized spacial score (nSPS) is 26.9. The Morgan fingerprint density at radius 1 is 1.22 bits per heavy atom. The number of β-amino-alcohol motifs (C(OH)–C–C–N with tert-alkyl or cyclic N) is 1. The van der Waals surface area contributed by atoms with Crippen molar-refractivity contribution in [2.75, 3.05) is 13.1 Å². The van der Waals surface area contributed by atoms with Crippen molar-refractivity contribution in [3.05, 3.63) is 11.6 Å². The van der Waals surface area contributed by atoms with Crippen LogP contribution in [0.15, 0.2) is 0 Å². The van der Waals surface area contributed by atoms with Crippen LogP contribution in [-0.4, -0.2) is 60.8 Å². The van der Waals surface area contributed by atoms with Crippen molar-refractivity contribution < 1.29 is 9.90 Å². The van der Waals surface area contributed by atoms with Gasteiger partial charge in [0.25, 0.3) is 0 Å². The molecule has 7 nitrogen and oxygen atoms in total. The Hall–Kier alpha value is -1.47. The number of nitrogens with zero attached hydrogens (tertiary/aromatic N) is 5. The first-order valence-electron chi connectivity index (χ1n) is 10.7. The van der Waals surface area contributed by atoms with E-state index in [1.165, 1.54) is 25.7 Å². The molecule has 1 amide bonds. The lowest BCUT2D eigenvalue weighted by Crippen LogP contribution is -2.39. The number of fused-ring (bicyclic) bond motifs is 1. The van der Waals surface area contributed by atoms with Gasteiger partial charge >= 0.3 is 0 Å². The molecule has 2 fully saturated rings. The predicted molar refractivity (Wildman–Crippen MR) is 102 cm³/mol. The molecule has 4 rings (SSSR count). The highest BCUT2D eigenvalue weighted by atomic mass is 16.3. The van der Waals surface area contributed by atoms with E-state index in [0.717, 1.165) is 37.1 Å². The molecule has 0 aromatic carbocycles. The van der Waals surface area contributed by atoms with Crippen molar-refractivity contribution in [3.8, 4) is 0 Å². The van der Waals surface area contributed by atoms with Crippen molar-refractivity contribution in [2.24, 2.45) is 5.92 Å². The zero-order valence-corrected chi connectivity index (χ0v) is 16.7. The van der Waals surface area contributed by atoms with E-state index in [4.69, 9.17) is 0 Å². The van der Waals surface area contributed by atoms with Gasteiger partial charge in [-0.05, 0) is 32.6 Å². The number of amides is 1. The van der Waals surface area contributed by atoms with Crippen LogP contribution in [0, 0.1) is 5.92 Å². The molecule has 0 radical (unpaired) electrons. The van der Waals surface area contributed by atoms with Crippen LogP contribution in [0.1, 0.15) is 76.5 Å². The Labute approximate surface area is 161 Å². The maximum absolute atomic E-state index is 12.6. The molecule has 3 heterocycles. The van der Waals surface area contributed by atoms with Gasteiger partial charge in [-0.3, -0.25) is 9.69 Å². The highest BCUT2D eigenvalue weighted by Crippen LogP contribution is 2.34. The van der Waals surface area contributed by atoms with Crippen molar-refractivity contribution in [1.82, 2.24) is 24.6 Å². The number of rotatable bonds is 5. The van der Waals surface area contributed by atoms with E-state index in [1.807, 2.05) is 4.90 Å². The molecular weight excluding hydrogens is 342 g/mol. The number of carbonyl (C=O) groups is 1. The summed E-state index contributed by atoms with van der Waals surface area (Å²) in [4.78, 5) is 16.9. The second-order valence-corrected chi connectivity index (χ2v) is 8.83. The van der Waals surface area contributed by atoms with E-state index in [1.54, 1.807) is 0 Å². The number of aliphatic hydroxyl groups is 1. The molecule has 1 aromatic rings. The van der Waals surface area contributed by atoms with Crippen LogP contribution >= 0.6 is 0 Å². The Bertz CT molecular complexity index is 667. The van der Waals surface area contributed by atoms with Crippen LogP contribution in [0.4, 0.5) is 0 Å². The molecule has 0 bridgehead atoms. The zero-order valence-electron chi connectivity index (χ0n) is 16.7. The van der Waals surface area contributed by atoms with Crippen LogP contribution in [0.5, 0.6) is 0 Å². The molecule has 1 N–H and O–H groups in total. The first-order chi connectivity index (χ1) is 13.0. The minimum absolute atomic E-state index is 0.117. The van der Waals surface area contributed by atoms with E-state index < -0.39 is 0 Å². The Balaban J connectivity index is 1.40. The average molecular weight is 376 g/mol. The van der Waals surface area contributed by atoms with Crippen molar-refractivity contribution in [3.63, 3.8) is 0 Å². The van der Waals surface area contributed by atoms with Crippen LogP contribution in [0.3, 0.4) is 0 Å². The van der Waals surface area contributed by atoms with E-state index >= 15 is 0 Å². The highest BCUT2D eigenvalue weighted by Gasteiger charge is 2.38. The molecule has 1 saturated heterocycles. The summed E-state index contributed by atoms with van der Waals surface area (Å²) >= 11 is 0. The van der Waals surface area contributed by atoms with Crippen LogP contribution in [0.2, 0.25) is 0 Å². The van der Waals surface area contributed by atoms with Crippen LogP contribution in [0.25, 0.3) is 0 Å². The number of aromatic nitrogens is 3. The molecule has 2 atom stereocenters. The lowest BCUT2D eigenvalue weighted by atomic mass is 10.0. The van der Waals surface area contributed by atoms with Gasteiger partial charge < -0.3 is 14.6 Å². The number of aliphatic hydroxyl groups excluding tert-OH is 1. The molecule has 0 unspecified atom stereocenters. The maximum atomic E-state index is 12.6. The number of likely N-dealkylation sites (tertiary alicyclic amines) is 1. The first kappa shape index (κ1) is 18.9. The Morgan fingerprint density at radius 3 is 2.74 bits per heavy atom. The van der Waals surface area contributed by atoms with Gasteiger partial charge in [-0.2, -0.15) is 0 Å². The molecule has 150 valence electrons. The lowest BCUT2D eigenvalue weighted by molar-refractivity contribution is -0.133. The van der Waals surface area contributed by atoms with E-state index in [-0.39, 0.29) is 18.1 Å². The van der Waals surface area contributed by atoms with Gasteiger partial charge in [0.2, 0.25) is 5.91 Å². The monoisotopic (exact) mass is 375 g/mol. The second-order valence-electron chi connectivity index (χ2n) is 8.83. The van der Waals surface area contributed by atoms with E-state index in [9.17, 15) is 9.90 Å². The summed E-state index contributed by atoms with van der Waals surface area (Å²) in [7, 11) is 0. The third kappa shape index (κ3) is 3.90. The van der Waals surface area contributed by atoms with Gasteiger partial charge in [-0.25, -0.2) is 0 Å². The van der Waals surface area contributed by atoms with Crippen molar-refractivity contribution in [2.45, 2.75) is 90.1 Å². The van der Waals surface area contributed by atoms with Crippen molar-refractivity contribution >= 4 is 5.91 Å². The summed E-state index contributed by atoms with van der Waals surface area (Å²) in [6.07, 6.45) is 7.37. The molecule has 3 aliphatic rings. The molecule has 1 aromatic heterocycles. The fourth-order valence-corrected chi connectivity index (χ4v) is 5.09. The second kappa shape index (κ2) is 7.87. The number of carbonyl (C=O) groups excluding carboxylic acids is 1. The highest BCUT2D eigenvalue weighted by molar-refractivity contribution is 5.76. The fourth-order valence-electron chi connectivity index (χ4n) is 5.09. The minimum Gasteiger partial charge on any atom is -0.392 e. The van der Waals surface area contributed by atoms with Crippen LogP contribution in [-0.2, 0) is 17.9 Å². The summed E-state index contributed by atoms with van der Waals surface area (Å²) < 4.78 is 2.18. The summed E-state index contributed by atoms with van der Waals surface area (Å²) in [5, 5.41) is 19.0. The molecule has 0 spiro atoms. The molecule has 7 heteroatoms. The lowest BCUT2D eigenvalue weighted by Gasteiger charge is -2.31. The fraction of sp³-hybridized carbons (Fsp3) is 0.850. The third-order valence-corrected chi connectivity index (χ3v) is 6.65. The molecule has 1 aliphatic carbocycles. The SMILES string of the molecule is CC(C)N1C[C@H](O)C[C@H]1c1nnc2n1CCN(C(=O)CCC1CCCC1)C2. The third-order valence-electron chi connectivity index (χ3n) is 6.65. The Kier molecular flexibility index (Phi) is 5.50. The van der Waals surface area contributed by atoms with Gasteiger partial charge in [0.1, 0.15) is 0 Å². The predicted octanol–water partition coefficient (Wildman–Crippen LogP) is 2.11. The summed E-state index contributed by atoms with van der Waals surface area (Å²) in [6.45, 7) is 7.06. The van der Waals surface area contributed by atoms with Crippen molar-refractivity contribution in [1.29, 1.82) is 0 Å². The zero-order chi connectivity index (χ0) is 19.0. The summed E-state index contributed by atoms with van der Waals surface area (Å²) in [5.41, 5.74) is 0. The van der Waals surface area contributed by atoms with E-state index in [0.29, 0.717) is 32.0 Å². The van der Waals surface area contributed by atoms with Crippen LogP contribution < -0.4 is 0 Å². The number of hydrogen-bond acceptors (Lipinski definition) is 5. The molecule has 2 aliphatic heterocycles. The molecule has 1 saturated carbocycles. The van der Waals surface area contributed by atoms with E-state index in [2.05, 4.69) is 33.5 Å². The van der Waals surface area contributed by atoms with Gasteiger partial charge in [-0.15, -0.1) is 10.2 Å². The molecule has 27 heavy (non-hydrogen) atoms. The van der Waals surface area contributed by atoms with Gasteiger partial charge in [0.15, 0.2) is 11.6 Å². The standard InChI is InChI=1S/C20H33N5O2/c1-14(2)25-12-16(26)11-17(25)20-22-21-18-13-23(9-10-24(18)20)19(27)8-7-15-5-3-4-6-15/h14-17,26H,3-13H2,1-2H3/t16-,17+/m1/s1. The largest absolute Gasteiger partial charge is 0.392 e. The number of hydrogen-bond donors (Lipinski definition) is 1. The average Bonchev–Trinajstić information content (AvgIpc) is 3.38.